The third-order valence-corrected chi connectivity index (χ3v) is 3.83. The molecule has 0 spiro atoms. The van der Waals surface area contributed by atoms with Crippen LogP contribution in [0.3, 0.4) is 0 Å². The number of hydrogen-bond acceptors (Lipinski definition) is 2. The van der Waals surface area contributed by atoms with E-state index in [1.165, 1.54) is 0 Å². The van der Waals surface area contributed by atoms with Gasteiger partial charge in [-0.25, -0.2) is 0 Å². The highest BCUT2D eigenvalue weighted by molar-refractivity contribution is 6.01. The third-order valence-electron chi connectivity index (χ3n) is 3.83. The maximum absolute atomic E-state index is 12.1. The monoisotopic (exact) mass is 294 g/mol. The van der Waals surface area contributed by atoms with Gasteiger partial charge in [0.05, 0.1) is 6.42 Å². The van der Waals surface area contributed by atoms with Crippen LogP contribution in [-0.2, 0) is 11.2 Å². The fraction of sp³-hybridized carbons (Fsp3) is 0.222. The van der Waals surface area contributed by atoms with E-state index in [1.807, 2.05) is 49.4 Å². The highest BCUT2D eigenvalue weighted by atomic mass is 16.2. The maximum Gasteiger partial charge on any atom is 0.251 e. The second kappa shape index (κ2) is 6.02. The summed E-state index contributed by atoms with van der Waals surface area (Å²) in [4.78, 5) is 25.9. The van der Waals surface area contributed by atoms with Crippen molar-refractivity contribution in [3.8, 4) is 0 Å². The predicted octanol–water partition coefficient (Wildman–Crippen LogP) is 2.31. The molecule has 3 rings (SSSR count). The second-order valence-electron chi connectivity index (χ2n) is 5.48. The molecule has 4 nitrogen and oxygen atoms in total. The molecule has 22 heavy (non-hydrogen) atoms. The van der Waals surface area contributed by atoms with E-state index in [4.69, 9.17) is 0 Å². The molecule has 1 heterocycles. The first kappa shape index (κ1) is 14.3. The van der Waals surface area contributed by atoms with Gasteiger partial charge in [-0.05, 0) is 30.7 Å². The van der Waals surface area contributed by atoms with E-state index >= 15 is 0 Å². The zero-order valence-electron chi connectivity index (χ0n) is 12.5. The molecule has 0 saturated heterocycles. The van der Waals surface area contributed by atoms with Gasteiger partial charge in [0, 0.05) is 24.3 Å². The van der Waals surface area contributed by atoms with Crippen LogP contribution in [0.1, 0.15) is 21.5 Å². The Hall–Kier alpha value is -2.62. The molecule has 2 aromatic carbocycles. The minimum Gasteiger partial charge on any atom is -0.350 e. The molecule has 0 atom stereocenters. The molecule has 1 aliphatic heterocycles. The van der Waals surface area contributed by atoms with Crippen molar-refractivity contribution in [2.45, 2.75) is 13.3 Å². The Morgan fingerprint density at radius 2 is 2.00 bits per heavy atom. The highest BCUT2D eigenvalue weighted by Gasteiger charge is 2.26. The van der Waals surface area contributed by atoms with Gasteiger partial charge in [-0.15, -0.1) is 0 Å². The summed E-state index contributed by atoms with van der Waals surface area (Å²) in [5, 5.41) is 2.87. The molecule has 1 aliphatic rings. The standard InChI is InChI=1S/C18H18N2O2/c1-13-5-4-7-15(11-13)18(22)19-9-10-20-16-8-3-2-6-14(16)12-17(20)21/h2-8,11H,9-10,12H2,1H3,(H,19,22). The van der Waals surface area contributed by atoms with Crippen LogP contribution in [0.2, 0.25) is 0 Å². The van der Waals surface area contributed by atoms with E-state index in [2.05, 4.69) is 5.32 Å². The zero-order chi connectivity index (χ0) is 15.5. The van der Waals surface area contributed by atoms with Gasteiger partial charge < -0.3 is 10.2 Å². The largest absolute Gasteiger partial charge is 0.350 e. The van der Waals surface area contributed by atoms with Crippen molar-refractivity contribution in [3.63, 3.8) is 0 Å². The van der Waals surface area contributed by atoms with Gasteiger partial charge in [-0.3, -0.25) is 9.59 Å². The summed E-state index contributed by atoms with van der Waals surface area (Å²) in [5.41, 5.74) is 3.71. The van der Waals surface area contributed by atoms with Crippen LogP contribution in [0.15, 0.2) is 48.5 Å². The SMILES string of the molecule is Cc1cccc(C(=O)NCCN2C(=O)Cc3ccccc32)c1. The number of aryl methyl sites for hydroxylation is 1. The molecule has 2 amide bonds. The molecule has 0 radical (unpaired) electrons. The minimum atomic E-state index is -0.108. The van der Waals surface area contributed by atoms with Gasteiger partial charge in [0.25, 0.3) is 5.91 Å². The average molecular weight is 294 g/mol. The quantitative estimate of drug-likeness (QED) is 0.940. The Labute approximate surface area is 129 Å². The fourth-order valence-electron chi connectivity index (χ4n) is 2.73. The first-order valence-corrected chi connectivity index (χ1v) is 7.38. The number of benzene rings is 2. The number of fused-ring (bicyclic) bond motifs is 1. The van der Waals surface area contributed by atoms with E-state index in [0.717, 1.165) is 16.8 Å². The number of para-hydroxylation sites is 1. The number of amides is 2. The number of rotatable bonds is 4. The Balaban J connectivity index is 1.60. The topological polar surface area (TPSA) is 49.4 Å². The van der Waals surface area contributed by atoms with Gasteiger partial charge in [-0.2, -0.15) is 0 Å². The number of carbonyl (C=O) groups is 2. The first-order valence-electron chi connectivity index (χ1n) is 7.38. The summed E-state index contributed by atoms with van der Waals surface area (Å²) in [7, 11) is 0. The lowest BCUT2D eigenvalue weighted by Crippen LogP contribution is -2.36. The number of anilines is 1. The Morgan fingerprint density at radius 1 is 1.18 bits per heavy atom. The first-order chi connectivity index (χ1) is 10.6. The van der Waals surface area contributed by atoms with E-state index in [9.17, 15) is 9.59 Å². The van der Waals surface area contributed by atoms with Crippen molar-refractivity contribution in [2.24, 2.45) is 0 Å². The molecule has 0 saturated carbocycles. The van der Waals surface area contributed by atoms with E-state index in [-0.39, 0.29) is 11.8 Å². The summed E-state index contributed by atoms with van der Waals surface area (Å²) in [5.74, 6) is -0.0189. The lowest BCUT2D eigenvalue weighted by molar-refractivity contribution is -0.117. The van der Waals surface area contributed by atoms with Gasteiger partial charge in [-0.1, -0.05) is 35.9 Å². The number of nitrogens with zero attached hydrogens (tertiary/aromatic N) is 1. The van der Waals surface area contributed by atoms with Crippen LogP contribution >= 0.6 is 0 Å². The molecule has 0 unspecified atom stereocenters. The molecular weight excluding hydrogens is 276 g/mol. The maximum atomic E-state index is 12.1. The summed E-state index contributed by atoms with van der Waals surface area (Å²) >= 11 is 0. The summed E-state index contributed by atoms with van der Waals surface area (Å²) < 4.78 is 0. The molecule has 0 fully saturated rings. The molecule has 112 valence electrons. The normalized spacial score (nSPS) is 13.1. The average Bonchev–Trinajstić information content (AvgIpc) is 2.83. The van der Waals surface area contributed by atoms with Crippen LogP contribution < -0.4 is 10.2 Å². The van der Waals surface area contributed by atoms with Crippen LogP contribution in [0.5, 0.6) is 0 Å². The lowest BCUT2D eigenvalue weighted by atomic mass is 10.1. The van der Waals surface area contributed by atoms with E-state index in [0.29, 0.717) is 25.1 Å². The van der Waals surface area contributed by atoms with Gasteiger partial charge in [0.2, 0.25) is 5.91 Å². The van der Waals surface area contributed by atoms with Gasteiger partial charge in [0.15, 0.2) is 0 Å². The van der Waals surface area contributed by atoms with Crippen LogP contribution in [0.25, 0.3) is 0 Å². The highest BCUT2D eigenvalue weighted by Crippen LogP contribution is 2.27. The second-order valence-corrected chi connectivity index (χ2v) is 5.48. The number of nitrogens with one attached hydrogen (secondary N) is 1. The Bertz CT molecular complexity index is 725. The van der Waals surface area contributed by atoms with Crippen molar-refractivity contribution < 1.29 is 9.59 Å². The fourth-order valence-corrected chi connectivity index (χ4v) is 2.73. The van der Waals surface area contributed by atoms with Gasteiger partial charge >= 0.3 is 0 Å². The third kappa shape index (κ3) is 2.86. The molecule has 1 N–H and O–H groups in total. The molecule has 4 heteroatoms. The smallest absolute Gasteiger partial charge is 0.251 e. The van der Waals surface area contributed by atoms with Crippen LogP contribution in [-0.4, -0.2) is 24.9 Å². The summed E-state index contributed by atoms with van der Waals surface area (Å²) in [6, 6.07) is 15.2. The van der Waals surface area contributed by atoms with Gasteiger partial charge in [0.1, 0.15) is 0 Å². The molecule has 0 bridgehead atoms. The number of hydrogen-bond donors (Lipinski definition) is 1. The molecule has 0 aliphatic carbocycles. The van der Waals surface area contributed by atoms with E-state index < -0.39 is 0 Å². The minimum absolute atomic E-state index is 0.0889. The molecule has 0 aromatic heterocycles. The Morgan fingerprint density at radius 3 is 2.82 bits per heavy atom. The molecule has 2 aromatic rings. The predicted molar refractivity (Wildman–Crippen MR) is 86.0 cm³/mol. The summed E-state index contributed by atoms with van der Waals surface area (Å²) in [6.45, 7) is 2.89. The summed E-state index contributed by atoms with van der Waals surface area (Å²) in [6.07, 6.45) is 0.446. The van der Waals surface area contributed by atoms with Crippen molar-refractivity contribution in [1.82, 2.24) is 5.32 Å². The number of carbonyl (C=O) groups excluding carboxylic acids is 2. The zero-order valence-corrected chi connectivity index (χ0v) is 12.5. The Kier molecular flexibility index (Phi) is 3.92. The van der Waals surface area contributed by atoms with Crippen LogP contribution in [0, 0.1) is 6.92 Å². The van der Waals surface area contributed by atoms with Crippen molar-refractivity contribution in [3.05, 3.63) is 65.2 Å². The van der Waals surface area contributed by atoms with Crippen molar-refractivity contribution in [2.75, 3.05) is 18.0 Å². The van der Waals surface area contributed by atoms with Crippen LogP contribution in [0.4, 0.5) is 5.69 Å². The van der Waals surface area contributed by atoms with Crippen molar-refractivity contribution in [1.29, 1.82) is 0 Å². The van der Waals surface area contributed by atoms with Crippen molar-refractivity contribution >= 4 is 17.5 Å². The molecular formula is C18H18N2O2. The van der Waals surface area contributed by atoms with E-state index in [1.54, 1.807) is 11.0 Å². The lowest BCUT2D eigenvalue weighted by Gasteiger charge is -2.17.